The van der Waals surface area contributed by atoms with Gasteiger partial charge in [-0.15, -0.1) is 10.2 Å². The lowest BCUT2D eigenvalue weighted by atomic mass is 9.95. The third kappa shape index (κ3) is 2.90. The third-order valence-corrected chi connectivity index (χ3v) is 5.96. The van der Waals surface area contributed by atoms with Crippen molar-refractivity contribution < 1.29 is 0 Å². The first-order valence-electron chi connectivity index (χ1n) is 9.57. The van der Waals surface area contributed by atoms with Crippen molar-refractivity contribution in [1.82, 2.24) is 30.0 Å². The Morgan fingerprint density at radius 2 is 1.76 bits per heavy atom. The Morgan fingerprint density at radius 1 is 0.960 bits per heavy atom. The van der Waals surface area contributed by atoms with Gasteiger partial charge in [0.25, 0.3) is 0 Å². The van der Waals surface area contributed by atoms with Crippen molar-refractivity contribution in [2.24, 2.45) is 0 Å². The molecule has 2 bridgehead atoms. The molecule has 2 aromatic heterocycles. The summed E-state index contributed by atoms with van der Waals surface area (Å²) in [5, 5.41) is 13.0. The van der Waals surface area contributed by atoms with Gasteiger partial charge in [0.15, 0.2) is 0 Å². The fourth-order valence-electron chi connectivity index (χ4n) is 4.65. The average Bonchev–Trinajstić information content (AvgIpc) is 3.00. The number of hydrogen-bond donors (Lipinski definition) is 1. The number of fused-ring (bicyclic) bond motifs is 3. The summed E-state index contributed by atoms with van der Waals surface area (Å²) in [5.41, 5.74) is 0. The van der Waals surface area contributed by atoms with E-state index >= 15 is 0 Å². The zero-order valence-electron chi connectivity index (χ0n) is 14.5. The lowest BCUT2D eigenvalue weighted by Gasteiger charge is -2.32. The number of nitrogens with one attached hydrogen (secondary N) is 1. The topological polar surface area (TPSA) is 71.8 Å². The lowest BCUT2D eigenvalue weighted by Crippen LogP contribution is -2.43. The Morgan fingerprint density at radius 3 is 2.60 bits per heavy atom. The molecule has 2 unspecified atom stereocenters. The van der Waals surface area contributed by atoms with E-state index in [1.807, 2.05) is 18.5 Å². The van der Waals surface area contributed by atoms with Gasteiger partial charge in [0.1, 0.15) is 11.6 Å². The normalized spacial score (nSPS) is 27.0. The van der Waals surface area contributed by atoms with E-state index in [-0.39, 0.29) is 0 Å². The molecule has 2 saturated heterocycles. The molecule has 7 heteroatoms. The van der Waals surface area contributed by atoms with E-state index in [2.05, 4.69) is 34.9 Å². The minimum Gasteiger partial charge on any atom is -0.341 e. The van der Waals surface area contributed by atoms with Crippen LogP contribution in [-0.4, -0.2) is 49.9 Å². The highest BCUT2D eigenvalue weighted by Gasteiger charge is 2.32. The summed E-state index contributed by atoms with van der Waals surface area (Å²) in [6, 6.07) is 3.05. The molecule has 0 aromatic carbocycles. The van der Waals surface area contributed by atoms with Gasteiger partial charge in [-0.25, -0.2) is 9.97 Å². The summed E-state index contributed by atoms with van der Waals surface area (Å²) in [6.45, 7) is 3.01. The molecular formula is C18H25N7. The predicted octanol–water partition coefficient (Wildman–Crippen LogP) is 1.52. The second-order valence-corrected chi connectivity index (χ2v) is 7.59. The molecule has 2 fully saturated rings. The van der Waals surface area contributed by atoms with E-state index in [1.54, 1.807) is 0 Å². The molecule has 132 valence electrons. The van der Waals surface area contributed by atoms with E-state index in [0.29, 0.717) is 18.0 Å². The van der Waals surface area contributed by atoms with Gasteiger partial charge in [0.05, 0.1) is 0 Å². The summed E-state index contributed by atoms with van der Waals surface area (Å²) >= 11 is 0. The molecule has 5 heterocycles. The molecule has 0 spiro atoms. The van der Waals surface area contributed by atoms with E-state index in [9.17, 15) is 0 Å². The van der Waals surface area contributed by atoms with Gasteiger partial charge in [-0.2, -0.15) is 0 Å². The maximum Gasteiger partial charge on any atom is 0.225 e. The van der Waals surface area contributed by atoms with Crippen molar-refractivity contribution in [3.63, 3.8) is 0 Å². The molecule has 5 rings (SSSR count). The van der Waals surface area contributed by atoms with E-state index in [4.69, 9.17) is 0 Å². The quantitative estimate of drug-likeness (QED) is 0.894. The van der Waals surface area contributed by atoms with Gasteiger partial charge in [-0.3, -0.25) is 0 Å². The summed E-state index contributed by atoms with van der Waals surface area (Å²) in [4.78, 5) is 11.0. The first kappa shape index (κ1) is 15.3. The van der Waals surface area contributed by atoms with Gasteiger partial charge in [0, 0.05) is 56.5 Å². The molecular weight excluding hydrogens is 314 g/mol. The van der Waals surface area contributed by atoms with Crippen molar-refractivity contribution in [2.45, 2.75) is 63.1 Å². The Kier molecular flexibility index (Phi) is 3.88. The zero-order valence-corrected chi connectivity index (χ0v) is 14.5. The molecule has 2 aromatic rings. The second kappa shape index (κ2) is 6.37. The Hall–Kier alpha value is -2.02. The van der Waals surface area contributed by atoms with E-state index in [0.717, 1.165) is 44.8 Å². The Bertz CT molecular complexity index is 720. The van der Waals surface area contributed by atoms with Crippen LogP contribution in [0.2, 0.25) is 0 Å². The highest BCUT2D eigenvalue weighted by Crippen LogP contribution is 2.31. The van der Waals surface area contributed by atoms with Gasteiger partial charge in [0.2, 0.25) is 5.95 Å². The van der Waals surface area contributed by atoms with Crippen LogP contribution in [0.5, 0.6) is 0 Å². The fraction of sp³-hybridized carbons (Fsp3) is 0.667. The number of hydrogen-bond acceptors (Lipinski definition) is 6. The van der Waals surface area contributed by atoms with Crippen molar-refractivity contribution >= 4 is 5.95 Å². The largest absolute Gasteiger partial charge is 0.341 e. The summed E-state index contributed by atoms with van der Waals surface area (Å²) in [6.07, 6.45) is 10.7. The monoisotopic (exact) mass is 339 g/mol. The van der Waals surface area contributed by atoms with Crippen molar-refractivity contribution in [3.05, 3.63) is 30.1 Å². The highest BCUT2D eigenvalue weighted by atomic mass is 15.3. The zero-order chi connectivity index (χ0) is 16.6. The third-order valence-electron chi connectivity index (χ3n) is 5.96. The number of aromatic nitrogens is 5. The fourth-order valence-corrected chi connectivity index (χ4v) is 4.65. The molecule has 3 aliphatic rings. The molecule has 1 N–H and O–H groups in total. The van der Waals surface area contributed by atoms with Gasteiger partial charge in [-0.1, -0.05) is 6.42 Å². The molecule has 2 atom stereocenters. The van der Waals surface area contributed by atoms with Crippen molar-refractivity contribution in [2.75, 3.05) is 18.0 Å². The summed E-state index contributed by atoms with van der Waals surface area (Å²) in [7, 11) is 0. The SMILES string of the molecule is c1cnc(N2CCC(c3nnc4n3CC3CCCC(C4)N3)CC2)nc1. The average molecular weight is 339 g/mol. The number of piperidine rings is 2. The molecule has 0 saturated carbocycles. The van der Waals surface area contributed by atoms with Crippen LogP contribution in [0.25, 0.3) is 0 Å². The Labute approximate surface area is 147 Å². The number of rotatable bonds is 2. The van der Waals surface area contributed by atoms with Crippen LogP contribution in [-0.2, 0) is 13.0 Å². The predicted molar refractivity (Wildman–Crippen MR) is 94.5 cm³/mol. The molecule has 0 amide bonds. The Balaban J connectivity index is 1.33. The van der Waals surface area contributed by atoms with Gasteiger partial charge in [-0.05, 0) is 31.7 Å². The molecule has 25 heavy (non-hydrogen) atoms. The maximum atomic E-state index is 4.62. The number of nitrogens with zero attached hydrogens (tertiary/aromatic N) is 6. The van der Waals surface area contributed by atoms with Crippen LogP contribution in [0.4, 0.5) is 5.95 Å². The summed E-state index contributed by atoms with van der Waals surface area (Å²) < 4.78 is 2.43. The minimum absolute atomic E-state index is 0.499. The van der Waals surface area contributed by atoms with Crippen molar-refractivity contribution in [3.8, 4) is 0 Å². The smallest absolute Gasteiger partial charge is 0.225 e. The highest BCUT2D eigenvalue weighted by molar-refractivity contribution is 5.29. The van der Waals surface area contributed by atoms with Crippen LogP contribution in [0.3, 0.4) is 0 Å². The standard InChI is InChI=1S/C18H25N7/c1-3-14-11-16-22-23-17(25(16)12-15(4-1)21-14)13-5-9-24(10-6-13)18-19-7-2-8-20-18/h2,7-8,13-15,21H,1,3-6,9-12H2. The van der Waals surface area contributed by atoms with Gasteiger partial charge < -0.3 is 14.8 Å². The van der Waals surface area contributed by atoms with Crippen LogP contribution in [0, 0.1) is 0 Å². The van der Waals surface area contributed by atoms with Crippen LogP contribution in [0.15, 0.2) is 18.5 Å². The molecule has 0 radical (unpaired) electrons. The molecule has 7 nitrogen and oxygen atoms in total. The molecule has 0 aliphatic carbocycles. The molecule has 3 aliphatic heterocycles. The van der Waals surface area contributed by atoms with Crippen LogP contribution < -0.4 is 10.2 Å². The maximum absolute atomic E-state index is 4.62. The number of anilines is 1. The summed E-state index contributed by atoms with van der Waals surface area (Å²) in [5.74, 6) is 3.74. The first-order valence-corrected chi connectivity index (χ1v) is 9.57. The minimum atomic E-state index is 0.499. The van der Waals surface area contributed by atoms with Crippen molar-refractivity contribution in [1.29, 1.82) is 0 Å². The van der Waals surface area contributed by atoms with E-state index < -0.39 is 0 Å². The first-order chi connectivity index (χ1) is 12.4. The van der Waals surface area contributed by atoms with E-state index in [1.165, 1.54) is 30.9 Å². The lowest BCUT2D eigenvalue weighted by molar-refractivity contribution is 0.311. The van der Waals surface area contributed by atoms with Crippen LogP contribution >= 0.6 is 0 Å². The second-order valence-electron chi connectivity index (χ2n) is 7.59. The van der Waals surface area contributed by atoms with Crippen LogP contribution in [0.1, 0.15) is 49.7 Å². The van der Waals surface area contributed by atoms with Gasteiger partial charge >= 0.3 is 0 Å².